The number of carbonyl (C=O) groups excluding carboxylic acids is 2. The van der Waals surface area contributed by atoms with Gasteiger partial charge in [0.25, 0.3) is 5.91 Å². The topological polar surface area (TPSA) is 79.5 Å². The summed E-state index contributed by atoms with van der Waals surface area (Å²) in [7, 11) is 0. The van der Waals surface area contributed by atoms with Gasteiger partial charge in [-0.15, -0.1) is 0 Å². The molecule has 0 aliphatic heterocycles. The molecule has 7 heteroatoms. The Bertz CT molecular complexity index is 689. The number of aryl methyl sites for hydroxylation is 1. The molecule has 0 atom stereocenters. The van der Waals surface area contributed by atoms with Crippen LogP contribution in [0.2, 0.25) is 5.02 Å². The molecule has 120 valence electrons. The van der Waals surface area contributed by atoms with Crippen LogP contribution in [0.5, 0.6) is 5.75 Å². The van der Waals surface area contributed by atoms with Gasteiger partial charge < -0.3 is 10.1 Å². The lowest BCUT2D eigenvalue weighted by Crippen LogP contribution is -2.45. The van der Waals surface area contributed by atoms with E-state index in [4.69, 9.17) is 16.3 Å². The number of benzene rings is 2. The molecule has 0 aliphatic carbocycles. The normalized spacial score (nSPS) is 9.83. The fourth-order valence-corrected chi connectivity index (χ4v) is 1.86. The van der Waals surface area contributed by atoms with Gasteiger partial charge in [0.2, 0.25) is 0 Å². The van der Waals surface area contributed by atoms with Gasteiger partial charge in [0.1, 0.15) is 5.75 Å². The Kier molecular flexibility index (Phi) is 5.82. The molecule has 3 amide bonds. The predicted octanol–water partition coefficient (Wildman–Crippen LogP) is 2.88. The molecule has 2 aromatic carbocycles. The molecule has 2 rings (SSSR count). The summed E-state index contributed by atoms with van der Waals surface area (Å²) >= 11 is 5.81. The van der Waals surface area contributed by atoms with Crippen molar-refractivity contribution in [2.24, 2.45) is 0 Å². The second kappa shape index (κ2) is 8.05. The number of rotatable bonds is 4. The Hall–Kier alpha value is -2.73. The summed E-state index contributed by atoms with van der Waals surface area (Å²) in [5, 5.41) is 3.03. The summed E-state index contributed by atoms with van der Waals surface area (Å²) in [6, 6.07) is 13.4. The minimum Gasteiger partial charge on any atom is -0.484 e. The Morgan fingerprint density at radius 2 is 1.83 bits per heavy atom. The fourth-order valence-electron chi connectivity index (χ4n) is 1.67. The molecule has 0 spiro atoms. The van der Waals surface area contributed by atoms with Crippen molar-refractivity contribution in [2.45, 2.75) is 6.92 Å². The third-order valence-corrected chi connectivity index (χ3v) is 3.02. The Morgan fingerprint density at radius 1 is 1.09 bits per heavy atom. The fraction of sp³-hybridized carbons (Fsp3) is 0.125. The van der Waals surface area contributed by atoms with E-state index in [1.165, 1.54) is 0 Å². The van der Waals surface area contributed by atoms with Crippen LogP contribution in [-0.2, 0) is 4.79 Å². The molecular weight excluding hydrogens is 318 g/mol. The highest BCUT2D eigenvalue weighted by atomic mass is 35.5. The number of hydrogen-bond donors (Lipinski definition) is 3. The van der Waals surface area contributed by atoms with Crippen molar-refractivity contribution in [1.82, 2.24) is 10.9 Å². The lowest BCUT2D eigenvalue weighted by atomic mass is 10.2. The first-order chi connectivity index (χ1) is 11.0. The zero-order chi connectivity index (χ0) is 16.7. The molecule has 0 aliphatic rings. The predicted molar refractivity (Wildman–Crippen MR) is 88.4 cm³/mol. The molecule has 3 N–H and O–H groups in total. The maximum Gasteiger partial charge on any atom is 0.337 e. The lowest BCUT2D eigenvalue weighted by Gasteiger charge is -2.10. The number of urea groups is 1. The van der Waals surface area contributed by atoms with Crippen LogP contribution in [0.4, 0.5) is 10.5 Å². The molecule has 0 saturated carbocycles. The molecular formula is C16H16ClN3O3. The van der Waals surface area contributed by atoms with Gasteiger partial charge in [0, 0.05) is 10.7 Å². The maximum absolute atomic E-state index is 11.6. The van der Waals surface area contributed by atoms with Crippen LogP contribution in [0.3, 0.4) is 0 Å². The maximum atomic E-state index is 11.6. The van der Waals surface area contributed by atoms with Crippen LogP contribution < -0.4 is 20.9 Å². The average molecular weight is 334 g/mol. The summed E-state index contributed by atoms with van der Waals surface area (Å²) < 4.78 is 5.29. The zero-order valence-electron chi connectivity index (χ0n) is 12.4. The van der Waals surface area contributed by atoms with Crippen molar-refractivity contribution in [3.05, 3.63) is 59.1 Å². The van der Waals surface area contributed by atoms with E-state index in [-0.39, 0.29) is 6.61 Å². The van der Waals surface area contributed by atoms with Gasteiger partial charge in [-0.2, -0.15) is 0 Å². The molecule has 0 unspecified atom stereocenters. The highest BCUT2D eigenvalue weighted by molar-refractivity contribution is 6.30. The van der Waals surface area contributed by atoms with Crippen molar-refractivity contribution < 1.29 is 14.3 Å². The van der Waals surface area contributed by atoms with Crippen molar-refractivity contribution >= 4 is 29.2 Å². The third-order valence-electron chi connectivity index (χ3n) is 2.79. The Labute approximate surface area is 138 Å². The van der Waals surface area contributed by atoms with Crippen molar-refractivity contribution in [2.75, 3.05) is 11.9 Å². The SMILES string of the molecule is Cc1ccc(OCC(=O)NNC(=O)Nc2cccc(Cl)c2)cc1. The van der Waals surface area contributed by atoms with Crippen LogP contribution in [0.25, 0.3) is 0 Å². The van der Waals surface area contributed by atoms with E-state index in [0.29, 0.717) is 16.5 Å². The van der Waals surface area contributed by atoms with Crippen molar-refractivity contribution in [1.29, 1.82) is 0 Å². The number of nitrogens with one attached hydrogen (secondary N) is 3. The van der Waals surface area contributed by atoms with E-state index in [1.807, 2.05) is 19.1 Å². The molecule has 0 bridgehead atoms. The number of ether oxygens (including phenoxy) is 1. The smallest absolute Gasteiger partial charge is 0.337 e. The van der Waals surface area contributed by atoms with Gasteiger partial charge in [-0.25, -0.2) is 10.2 Å². The summed E-state index contributed by atoms with van der Waals surface area (Å²) in [5.41, 5.74) is 6.08. The zero-order valence-corrected chi connectivity index (χ0v) is 13.2. The number of amides is 3. The van der Waals surface area contributed by atoms with E-state index in [2.05, 4.69) is 16.2 Å². The first kappa shape index (κ1) is 16.6. The van der Waals surface area contributed by atoms with Crippen LogP contribution in [0.1, 0.15) is 5.56 Å². The van der Waals surface area contributed by atoms with E-state index >= 15 is 0 Å². The molecule has 6 nitrogen and oxygen atoms in total. The molecule has 0 fully saturated rings. The molecule has 0 heterocycles. The first-order valence-electron chi connectivity index (χ1n) is 6.84. The molecule has 0 radical (unpaired) electrons. The average Bonchev–Trinajstić information content (AvgIpc) is 2.52. The molecule has 23 heavy (non-hydrogen) atoms. The third kappa shape index (κ3) is 5.88. The number of carbonyl (C=O) groups is 2. The van der Waals surface area contributed by atoms with Gasteiger partial charge in [-0.05, 0) is 37.3 Å². The summed E-state index contributed by atoms with van der Waals surface area (Å²) in [6.45, 7) is 1.75. The minimum atomic E-state index is -0.587. The summed E-state index contributed by atoms with van der Waals surface area (Å²) in [6.07, 6.45) is 0. The van der Waals surface area contributed by atoms with E-state index in [0.717, 1.165) is 5.56 Å². The number of hydrazine groups is 1. The molecule has 2 aromatic rings. The number of hydrogen-bond acceptors (Lipinski definition) is 3. The second-order valence-electron chi connectivity index (χ2n) is 4.74. The molecule has 0 saturated heterocycles. The van der Waals surface area contributed by atoms with Crippen LogP contribution in [0.15, 0.2) is 48.5 Å². The van der Waals surface area contributed by atoms with Gasteiger partial charge in [0.15, 0.2) is 6.61 Å². The van der Waals surface area contributed by atoms with Gasteiger partial charge >= 0.3 is 6.03 Å². The van der Waals surface area contributed by atoms with Crippen LogP contribution in [-0.4, -0.2) is 18.5 Å². The standard InChI is InChI=1S/C16H16ClN3O3/c1-11-5-7-14(8-6-11)23-10-15(21)19-20-16(22)18-13-4-2-3-12(17)9-13/h2-9H,10H2,1H3,(H,19,21)(H2,18,20,22). The highest BCUT2D eigenvalue weighted by Gasteiger charge is 2.06. The number of anilines is 1. The second-order valence-corrected chi connectivity index (χ2v) is 5.18. The summed E-state index contributed by atoms with van der Waals surface area (Å²) in [4.78, 5) is 23.2. The Balaban J connectivity index is 1.71. The quantitative estimate of drug-likeness (QED) is 0.753. The van der Waals surface area contributed by atoms with E-state index in [9.17, 15) is 9.59 Å². The highest BCUT2D eigenvalue weighted by Crippen LogP contribution is 2.14. The van der Waals surface area contributed by atoms with Crippen LogP contribution >= 0.6 is 11.6 Å². The van der Waals surface area contributed by atoms with E-state index in [1.54, 1.807) is 36.4 Å². The number of halogens is 1. The minimum absolute atomic E-state index is 0.208. The van der Waals surface area contributed by atoms with E-state index < -0.39 is 11.9 Å². The largest absolute Gasteiger partial charge is 0.484 e. The van der Waals surface area contributed by atoms with Crippen LogP contribution in [0, 0.1) is 6.92 Å². The van der Waals surface area contributed by atoms with Gasteiger partial charge in [-0.3, -0.25) is 10.2 Å². The lowest BCUT2D eigenvalue weighted by molar-refractivity contribution is -0.123. The summed E-state index contributed by atoms with van der Waals surface area (Å²) in [5.74, 6) is 0.0981. The van der Waals surface area contributed by atoms with Gasteiger partial charge in [-0.1, -0.05) is 35.4 Å². The molecule has 0 aromatic heterocycles. The van der Waals surface area contributed by atoms with Crippen molar-refractivity contribution in [3.63, 3.8) is 0 Å². The van der Waals surface area contributed by atoms with Crippen molar-refractivity contribution in [3.8, 4) is 5.75 Å². The monoisotopic (exact) mass is 333 g/mol. The van der Waals surface area contributed by atoms with Gasteiger partial charge in [0.05, 0.1) is 0 Å². The Morgan fingerprint density at radius 3 is 2.52 bits per heavy atom. The first-order valence-corrected chi connectivity index (χ1v) is 7.21.